The smallest absolute Gasteiger partial charge is 0.216 e. The van der Waals surface area contributed by atoms with E-state index in [0.717, 1.165) is 11.3 Å². The molecule has 2 N–H and O–H groups in total. The van der Waals surface area contributed by atoms with E-state index in [1.807, 2.05) is 18.2 Å². The Morgan fingerprint density at radius 2 is 2.06 bits per heavy atom. The molecular weight excluding hydrogens is 226 g/mol. The van der Waals surface area contributed by atoms with E-state index in [1.54, 1.807) is 7.11 Å². The van der Waals surface area contributed by atoms with Crippen molar-refractivity contribution in [3.8, 4) is 5.88 Å². The van der Waals surface area contributed by atoms with Crippen molar-refractivity contribution in [2.24, 2.45) is 5.73 Å². The Hall–Kier alpha value is -1.94. The molecule has 94 valence electrons. The number of nitrogens with zero attached hydrogens (tertiary/aromatic N) is 2. The Balaban J connectivity index is 2.16. The van der Waals surface area contributed by atoms with Gasteiger partial charge in [0, 0.05) is 24.2 Å². The molecule has 0 bridgehead atoms. The van der Waals surface area contributed by atoms with Crippen LogP contribution in [-0.2, 0) is 6.42 Å². The second-order valence-corrected chi connectivity index (χ2v) is 4.22. The molecule has 0 saturated heterocycles. The zero-order valence-electron chi connectivity index (χ0n) is 10.6. The Labute approximate surface area is 107 Å². The van der Waals surface area contributed by atoms with E-state index < -0.39 is 0 Å². The third-order valence-electron chi connectivity index (χ3n) is 2.92. The van der Waals surface area contributed by atoms with Gasteiger partial charge in [-0.1, -0.05) is 24.3 Å². The van der Waals surface area contributed by atoms with Gasteiger partial charge in [-0.2, -0.15) is 0 Å². The lowest BCUT2D eigenvalue weighted by Crippen LogP contribution is -2.15. The van der Waals surface area contributed by atoms with Crippen molar-refractivity contribution in [3.63, 3.8) is 0 Å². The highest BCUT2D eigenvalue weighted by atomic mass is 16.5. The molecule has 0 aliphatic rings. The van der Waals surface area contributed by atoms with Crippen LogP contribution in [0.1, 0.15) is 22.9 Å². The molecule has 1 aromatic heterocycles. The summed E-state index contributed by atoms with van der Waals surface area (Å²) < 4.78 is 5.07. The van der Waals surface area contributed by atoms with Crippen LogP contribution in [0.15, 0.2) is 36.7 Å². The van der Waals surface area contributed by atoms with Crippen molar-refractivity contribution < 1.29 is 4.74 Å². The molecule has 4 nitrogen and oxygen atoms in total. The minimum Gasteiger partial charge on any atom is -0.481 e. The van der Waals surface area contributed by atoms with Gasteiger partial charge in [0.05, 0.1) is 7.11 Å². The molecule has 2 rings (SSSR count). The summed E-state index contributed by atoms with van der Waals surface area (Å²) in [7, 11) is 1.59. The molecule has 0 fully saturated rings. The molecule has 0 saturated carbocycles. The van der Waals surface area contributed by atoms with Gasteiger partial charge in [-0.15, -0.1) is 0 Å². The van der Waals surface area contributed by atoms with Crippen LogP contribution >= 0.6 is 0 Å². The van der Waals surface area contributed by atoms with E-state index in [0.29, 0.717) is 12.3 Å². The standard InChI is InChI=1S/C14H17N3O/c1-10-5-3-4-6-12(10)13(15)7-11-8-14(18-2)17-9-16-11/h3-6,8-9,13H,7,15H2,1-2H3. The number of aromatic nitrogens is 2. The van der Waals surface area contributed by atoms with E-state index in [-0.39, 0.29) is 6.04 Å². The maximum atomic E-state index is 6.22. The molecule has 18 heavy (non-hydrogen) atoms. The minimum absolute atomic E-state index is 0.0641. The molecule has 2 aromatic rings. The van der Waals surface area contributed by atoms with E-state index in [9.17, 15) is 0 Å². The van der Waals surface area contributed by atoms with Crippen LogP contribution in [0.4, 0.5) is 0 Å². The van der Waals surface area contributed by atoms with Crippen LogP contribution in [0.2, 0.25) is 0 Å². The second-order valence-electron chi connectivity index (χ2n) is 4.22. The molecule has 1 aromatic carbocycles. The number of nitrogens with two attached hydrogens (primary N) is 1. The summed E-state index contributed by atoms with van der Waals surface area (Å²) in [5, 5.41) is 0. The molecule has 4 heteroatoms. The van der Waals surface area contributed by atoms with Gasteiger partial charge >= 0.3 is 0 Å². The summed E-state index contributed by atoms with van der Waals surface area (Å²) in [5.41, 5.74) is 9.45. The number of ether oxygens (including phenoxy) is 1. The first kappa shape index (κ1) is 12.5. The van der Waals surface area contributed by atoms with Gasteiger partial charge in [0.15, 0.2) is 0 Å². The lowest BCUT2D eigenvalue weighted by atomic mass is 9.98. The first-order chi connectivity index (χ1) is 8.70. The summed E-state index contributed by atoms with van der Waals surface area (Å²) in [4.78, 5) is 8.19. The maximum Gasteiger partial charge on any atom is 0.216 e. The fourth-order valence-corrected chi connectivity index (χ4v) is 1.94. The van der Waals surface area contributed by atoms with E-state index in [2.05, 4.69) is 29.0 Å². The fourth-order valence-electron chi connectivity index (χ4n) is 1.94. The molecule has 1 heterocycles. The van der Waals surface area contributed by atoms with Crippen LogP contribution in [-0.4, -0.2) is 17.1 Å². The van der Waals surface area contributed by atoms with Gasteiger partial charge in [0.1, 0.15) is 6.33 Å². The number of hydrogen-bond donors (Lipinski definition) is 1. The number of hydrogen-bond acceptors (Lipinski definition) is 4. The highest BCUT2D eigenvalue weighted by Crippen LogP contribution is 2.19. The van der Waals surface area contributed by atoms with Crippen molar-refractivity contribution in [1.29, 1.82) is 0 Å². The molecule has 0 radical (unpaired) electrons. The summed E-state index contributed by atoms with van der Waals surface area (Å²) in [5.74, 6) is 0.567. The Morgan fingerprint density at radius 1 is 1.28 bits per heavy atom. The zero-order chi connectivity index (χ0) is 13.0. The summed E-state index contributed by atoms with van der Waals surface area (Å²) >= 11 is 0. The van der Waals surface area contributed by atoms with Gasteiger partial charge in [0.25, 0.3) is 0 Å². The quantitative estimate of drug-likeness (QED) is 0.892. The number of methoxy groups -OCH3 is 1. The summed E-state index contributed by atoms with van der Waals surface area (Å²) in [6, 6.07) is 9.89. The van der Waals surface area contributed by atoms with E-state index >= 15 is 0 Å². The van der Waals surface area contributed by atoms with Crippen molar-refractivity contribution in [2.45, 2.75) is 19.4 Å². The largest absolute Gasteiger partial charge is 0.481 e. The Kier molecular flexibility index (Phi) is 3.89. The third-order valence-corrected chi connectivity index (χ3v) is 2.92. The van der Waals surface area contributed by atoms with Crippen LogP contribution < -0.4 is 10.5 Å². The average molecular weight is 243 g/mol. The van der Waals surface area contributed by atoms with Gasteiger partial charge in [-0.25, -0.2) is 9.97 Å². The Morgan fingerprint density at radius 3 is 2.78 bits per heavy atom. The van der Waals surface area contributed by atoms with Crippen molar-refractivity contribution >= 4 is 0 Å². The fraction of sp³-hybridized carbons (Fsp3) is 0.286. The molecule has 0 amide bonds. The first-order valence-electron chi connectivity index (χ1n) is 5.86. The van der Waals surface area contributed by atoms with E-state index in [4.69, 9.17) is 10.5 Å². The maximum absolute atomic E-state index is 6.22. The number of rotatable bonds is 4. The predicted molar refractivity (Wildman–Crippen MR) is 70.4 cm³/mol. The molecule has 0 spiro atoms. The lowest BCUT2D eigenvalue weighted by molar-refractivity contribution is 0.395. The van der Waals surface area contributed by atoms with Crippen molar-refractivity contribution in [2.75, 3.05) is 7.11 Å². The summed E-state index contributed by atoms with van der Waals surface area (Å²) in [6.07, 6.45) is 2.17. The van der Waals surface area contributed by atoms with Crippen LogP contribution in [0.5, 0.6) is 5.88 Å². The zero-order valence-corrected chi connectivity index (χ0v) is 10.6. The topological polar surface area (TPSA) is 61.0 Å². The van der Waals surface area contributed by atoms with Gasteiger partial charge in [-0.3, -0.25) is 0 Å². The van der Waals surface area contributed by atoms with E-state index in [1.165, 1.54) is 11.9 Å². The van der Waals surface area contributed by atoms with Crippen molar-refractivity contribution in [3.05, 3.63) is 53.5 Å². The SMILES string of the molecule is COc1cc(CC(N)c2ccccc2C)ncn1. The average Bonchev–Trinajstić information content (AvgIpc) is 2.39. The molecule has 1 atom stereocenters. The second kappa shape index (κ2) is 5.60. The van der Waals surface area contributed by atoms with Gasteiger partial charge in [-0.05, 0) is 18.1 Å². The first-order valence-corrected chi connectivity index (χ1v) is 5.86. The monoisotopic (exact) mass is 243 g/mol. The molecule has 0 aliphatic carbocycles. The molecule has 0 aliphatic heterocycles. The van der Waals surface area contributed by atoms with Gasteiger partial charge in [0.2, 0.25) is 5.88 Å². The summed E-state index contributed by atoms with van der Waals surface area (Å²) in [6.45, 7) is 2.07. The van der Waals surface area contributed by atoms with Crippen LogP contribution in [0.3, 0.4) is 0 Å². The molecule has 1 unspecified atom stereocenters. The third kappa shape index (κ3) is 2.84. The predicted octanol–water partition coefficient (Wildman–Crippen LogP) is 2.04. The molecular formula is C14H17N3O. The number of aryl methyl sites for hydroxylation is 1. The van der Waals surface area contributed by atoms with Crippen LogP contribution in [0.25, 0.3) is 0 Å². The van der Waals surface area contributed by atoms with Crippen molar-refractivity contribution in [1.82, 2.24) is 9.97 Å². The Bertz CT molecular complexity index is 528. The minimum atomic E-state index is -0.0641. The number of benzene rings is 1. The lowest BCUT2D eigenvalue weighted by Gasteiger charge is -2.14. The van der Waals surface area contributed by atoms with Gasteiger partial charge < -0.3 is 10.5 Å². The highest BCUT2D eigenvalue weighted by molar-refractivity contribution is 5.29. The van der Waals surface area contributed by atoms with Crippen LogP contribution in [0, 0.1) is 6.92 Å². The highest BCUT2D eigenvalue weighted by Gasteiger charge is 2.10. The normalized spacial score (nSPS) is 12.2.